The summed E-state index contributed by atoms with van der Waals surface area (Å²) in [4.78, 5) is 20.0. The highest BCUT2D eigenvalue weighted by Crippen LogP contribution is 2.16. The summed E-state index contributed by atoms with van der Waals surface area (Å²) in [6.07, 6.45) is 1.64. The number of carbonyl (C=O) groups excluding carboxylic acids is 1. The summed E-state index contributed by atoms with van der Waals surface area (Å²) in [5, 5.41) is 0.629. The molecule has 0 saturated carbocycles. The van der Waals surface area contributed by atoms with Crippen LogP contribution in [-0.4, -0.2) is 48.0 Å². The van der Waals surface area contributed by atoms with Crippen LogP contribution in [0.15, 0.2) is 18.3 Å². The quantitative estimate of drug-likeness (QED) is 0.859. The summed E-state index contributed by atoms with van der Waals surface area (Å²) < 4.78 is 0. The zero-order chi connectivity index (χ0) is 13.1. The van der Waals surface area contributed by atoms with Gasteiger partial charge in [0, 0.05) is 32.4 Å². The third kappa shape index (κ3) is 2.91. The number of anilines is 1. The molecule has 0 aromatic carbocycles. The molecule has 1 aromatic rings. The summed E-state index contributed by atoms with van der Waals surface area (Å²) in [7, 11) is 0. The zero-order valence-corrected chi connectivity index (χ0v) is 11.1. The van der Waals surface area contributed by atoms with Gasteiger partial charge in [-0.25, -0.2) is 4.98 Å². The van der Waals surface area contributed by atoms with Crippen molar-refractivity contribution in [2.75, 3.05) is 31.1 Å². The fourth-order valence-electron chi connectivity index (χ4n) is 2.00. The zero-order valence-electron chi connectivity index (χ0n) is 10.3. The van der Waals surface area contributed by atoms with E-state index in [1.54, 1.807) is 18.0 Å². The van der Waals surface area contributed by atoms with Crippen molar-refractivity contribution in [3.8, 4) is 0 Å². The number of hydrogen-bond acceptors (Lipinski definition) is 4. The van der Waals surface area contributed by atoms with Crippen LogP contribution in [0.3, 0.4) is 0 Å². The van der Waals surface area contributed by atoms with Crippen molar-refractivity contribution in [1.29, 1.82) is 0 Å². The molecule has 6 heteroatoms. The second kappa shape index (κ2) is 5.54. The maximum Gasteiger partial charge on any atom is 0.239 e. The normalized spacial score (nSPS) is 17.7. The average molecular weight is 269 g/mol. The summed E-state index contributed by atoms with van der Waals surface area (Å²) in [6.45, 7) is 4.63. The molecule has 18 heavy (non-hydrogen) atoms. The SMILES string of the molecule is CC(N)C(=O)N1CCN(c2ccc(Cl)cn2)CC1. The van der Waals surface area contributed by atoms with E-state index >= 15 is 0 Å². The lowest BCUT2D eigenvalue weighted by Gasteiger charge is -2.36. The van der Waals surface area contributed by atoms with Gasteiger partial charge in [-0.15, -0.1) is 0 Å². The fraction of sp³-hybridized carbons (Fsp3) is 0.500. The van der Waals surface area contributed by atoms with E-state index in [-0.39, 0.29) is 5.91 Å². The minimum Gasteiger partial charge on any atom is -0.353 e. The predicted molar refractivity (Wildman–Crippen MR) is 71.7 cm³/mol. The lowest BCUT2D eigenvalue weighted by molar-refractivity contribution is -0.132. The van der Waals surface area contributed by atoms with Crippen LogP contribution < -0.4 is 10.6 Å². The molecule has 1 aliphatic heterocycles. The molecule has 0 bridgehead atoms. The topological polar surface area (TPSA) is 62.5 Å². The van der Waals surface area contributed by atoms with E-state index in [1.807, 2.05) is 12.1 Å². The van der Waals surface area contributed by atoms with E-state index in [9.17, 15) is 4.79 Å². The standard InChI is InChI=1S/C12H17ClN4O/c1-9(14)12(18)17-6-4-16(5-7-17)11-3-2-10(13)8-15-11/h2-3,8-9H,4-7,14H2,1H3. The Hall–Kier alpha value is -1.33. The molecule has 1 amide bonds. The molecule has 1 atom stereocenters. The molecular formula is C12H17ClN4O. The van der Waals surface area contributed by atoms with E-state index in [2.05, 4.69) is 9.88 Å². The molecule has 1 fully saturated rings. The van der Waals surface area contributed by atoms with E-state index in [0.717, 1.165) is 18.9 Å². The number of nitrogens with two attached hydrogens (primary N) is 1. The van der Waals surface area contributed by atoms with Crippen LogP contribution in [0.2, 0.25) is 5.02 Å². The summed E-state index contributed by atoms with van der Waals surface area (Å²) >= 11 is 5.80. The van der Waals surface area contributed by atoms with Gasteiger partial charge in [-0.05, 0) is 19.1 Å². The molecule has 2 rings (SSSR count). The Morgan fingerprint density at radius 1 is 1.39 bits per heavy atom. The number of pyridine rings is 1. The third-order valence-corrected chi connectivity index (χ3v) is 3.24. The van der Waals surface area contributed by atoms with Crippen LogP contribution in [0.1, 0.15) is 6.92 Å². The summed E-state index contributed by atoms with van der Waals surface area (Å²) in [5.41, 5.74) is 5.60. The van der Waals surface area contributed by atoms with E-state index in [4.69, 9.17) is 17.3 Å². The first-order chi connectivity index (χ1) is 8.58. The van der Waals surface area contributed by atoms with Crippen LogP contribution in [0, 0.1) is 0 Å². The Bertz CT molecular complexity index is 413. The van der Waals surface area contributed by atoms with Crippen molar-refractivity contribution in [2.24, 2.45) is 5.73 Å². The van der Waals surface area contributed by atoms with Crippen LogP contribution >= 0.6 is 11.6 Å². The third-order valence-electron chi connectivity index (χ3n) is 3.02. The van der Waals surface area contributed by atoms with Gasteiger partial charge in [0.1, 0.15) is 5.82 Å². The van der Waals surface area contributed by atoms with Gasteiger partial charge in [0.05, 0.1) is 11.1 Å². The first-order valence-electron chi connectivity index (χ1n) is 5.99. The first kappa shape index (κ1) is 13.1. The maximum atomic E-state index is 11.7. The summed E-state index contributed by atoms with van der Waals surface area (Å²) in [6, 6.07) is 3.29. The number of carbonyl (C=O) groups is 1. The second-order valence-corrected chi connectivity index (χ2v) is 4.87. The van der Waals surface area contributed by atoms with E-state index in [1.165, 1.54) is 0 Å². The Balaban J connectivity index is 1.94. The molecule has 1 saturated heterocycles. The van der Waals surface area contributed by atoms with Crippen LogP contribution in [-0.2, 0) is 4.79 Å². The number of amides is 1. The average Bonchev–Trinajstić information content (AvgIpc) is 2.39. The molecule has 0 radical (unpaired) electrons. The minimum absolute atomic E-state index is 0.0127. The molecule has 1 unspecified atom stereocenters. The van der Waals surface area contributed by atoms with E-state index in [0.29, 0.717) is 18.1 Å². The van der Waals surface area contributed by atoms with Crippen molar-refractivity contribution in [3.05, 3.63) is 23.4 Å². The van der Waals surface area contributed by atoms with Gasteiger partial charge in [0.25, 0.3) is 0 Å². The number of hydrogen-bond donors (Lipinski definition) is 1. The molecule has 98 valence electrons. The number of rotatable bonds is 2. The largest absolute Gasteiger partial charge is 0.353 e. The Labute approximate surface area is 112 Å². The molecular weight excluding hydrogens is 252 g/mol. The number of aromatic nitrogens is 1. The number of piperazine rings is 1. The molecule has 0 aliphatic carbocycles. The monoisotopic (exact) mass is 268 g/mol. The molecule has 2 N–H and O–H groups in total. The number of halogens is 1. The summed E-state index contributed by atoms with van der Waals surface area (Å²) in [5.74, 6) is 0.908. The van der Waals surface area contributed by atoms with Gasteiger partial charge in [-0.1, -0.05) is 11.6 Å². The van der Waals surface area contributed by atoms with Crippen molar-refractivity contribution in [1.82, 2.24) is 9.88 Å². The first-order valence-corrected chi connectivity index (χ1v) is 6.36. The van der Waals surface area contributed by atoms with Gasteiger partial charge >= 0.3 is 0 Å². The van der Waals surface area contributed by atoms with Crippen molar-refractivity contribution >= 4 is 23.3 Å². The Morgan fingerprint density at radius 2 is 2.06 bits per heavy atom. The van der Waals surface area contributed by atoms with Crippen LogP contribution in [0.5, 0.6) is 0 Å². The second-order valence-electron chi connectivity index (χ2n) is 4.44. The highest BCUT2D eigenvalue weighted by atomic mass is 35.5. The van der Waals surface area contributed by atoms with Gasteiger partial charge < -0.3 is 15.5 Å². The van der Waals surface area contributed by atoms with Crippen LogP contribution in [0.25, 0.3) is 0 Å². The van der Waals surface area contributed by atoms with E-state index < -0.39 is 6.04 Å². The van der Waals surface area contributed by atoms with Gasteiger partial charge in [0.15, 0.2) is 0 Å². The number of nitrogens with zero attached hydrogens (tertiary/aromatic N) is 3. The van der Waals surface area contributed by atoms with Crippen LogP contribution in [0.4, 0.5) is 5.82 Å². The van der Waals surface area contributed by atoms with Crippen molar-refractivity contribution in [3.63, 3.8) is 0 Å². The fourth-order valence-corrected chi connectivity index (χ4v) is 2.11. The molecule has 1 aliphatic rings. The Kier molecular flexibility index (Phi) is 4.04. The Morgan fingerprint density at radius 3 is 2.56 bits per heavy atom. The molecule has 5 nitrogen and oxygen atoms in total. The van der Waals surface area contributed by atoms with Gasteiger partial charge in [0.2, 0.25) is 5.91 Å². The molecule has 1 aromatic heterocycles. The predicted octanol–water partition coefficient (Wildman–Crippen LogP) is 0.731. The highest BCUT2D eigenvalue weighted by Gasteiger charge is 2.23. The maximum absolute atomic E-state index is 11.7. The smallest absolute Gasteiger partial charge is 0.239 e. The minimum atomic E-state index is -0.426. The van der Waals surface area contributed by atoms with Crippen molar-refractivity contribution < 1.29 is 4.79 Å². The lowest BCUT2D eigenvalue weighted by atomic mass is 10.2. The highest BCUT2D eigenvalue weighted by molar-refractivity contribution is 6.30. The molecule has 2 heterocycles. The van der Waals surface area contributed by atoms with Gasteiger partial charge in [-0.3, -0.25) is 4.79 Å². The van der Waals surface area contributed by atoms with Crippen molar-refractivity contribution in [2.45, 2.75) is 13.0 Å². The molecule has 0 spiro atoms. The van der Waals surface area contributed by atoms with Gasteiger partial charge in [-0.2, -0.15) is 0 Å². The lowest BCUT2D eigenvalue weighted by Crippen LogP contribution is -2.52.